The standard InChI is InChI=1S/C8H17NO3S/c1-3-6-13(11,12)9-5-4-8(2,10)7-9/h10H,3-7H2,1-2H3. The molecule has 1 fully saturated rings. The fourth-order valence-electron chi connectivity index (χ4n) is 1.53. The van der Waals surface area contributed by atoms with Gasteiger partial charge in [-0.2, -0.15) is 4.31 Å². The molecule has 0 radical (unpaired) electrons. The Labute approximate surface area is 79.6 Å². The van der Waals surface area contributed by atoms with Gasteiger partial charge < -0.3 is 5.11 Å². The average Bonchev–Trinajstić information content (AvgIpc) is 2.30. The Morgan fingerprint density at radius 1 is 1.54 bits per heavy atom. The second kappa shape index (κ2) is 3.55. The molecule has 0 saturated carbocycles. The molecule has 0 aromatic rings. The third kappa shape index (κ3) is 2.65. The summed E-state index contributed by atoms with van der Waals surface area (Å²) in [6.07, 6.45) is 1.16. The molecule has 1 heterocycles. The Bertz CT molecular complexity index is 271. The van der Waals surface area contributed by atoms with Crippen LogP contribution in [0, 0.1) is 0 Å². The van der Waals surface area contributed by atoms with Crippen molar-refractivity contribution in [2.75, 3.05) is 18.8 Å². The van der Waals surface area contributed by atoms with Crippen molar-refractivity contribution in [2.45, 2.75) is 32.3 Å². The van der Waals surface area contributed by atoms with Crippen molar-refractivity contribution in [1.82, 2.24) is 4.31 Å². The molecule has 13 heavy (non-hydrogen) atoms. The molecule has 1 aliphatic heterocycles. The van der Waals surface area contributed by atoms with Gasteiger partial charge in [0.2, 0.25) is 10.0 Å². The first-order valence-electron chi connectivity index (χ1n) is 4.57. The maximum absolute atomic E-state index is 11.5. The lowest BCUT2D eigenvalue weighted by atomic mass is 10.1. The summed E-state index contributed by atoms with van der Waals surface area (Å²) >= 11 is 0. The maximum Gasteiger partial charge on any atom is 0.214 e. The van der Waals surface area contributed by atoms with Gasteiger partial charge in [0.25, 0.3) is 0 Å². The van der Waals surface area contributed by atoms with E-state index in [9.17, 15) is 13.5 Å². The van der Waals surface area contributed by atoms with Crippen molar-refractivity contribution in [3.8, 4) is 0 Å². The summed E-state index contributed by atoms with van der Waals surface area (Å²) in [4.78, 5) is 0. The van der Waals surface area contributed by atoms with E-state index in [-0.39, 0.29) is 12.3 Å². The van der Waals surface area contributed by atoms with E-state index in [1.54, 1.807) is 6.92 Å². The number of nitrogens with zero attached hydrogens (tertiary/aromatic N) is 1. The first kappa shape index (κ1) is 10.9. The number of hydrogen-bond donors (Lipinski definition) is 1. The van der Waals surface area contributed by atoms with Crippen molar-refractivity contribution in [3.63, 3.8) is 0 Å². The van der Waals surface area contributed by atoms with Crippen LogP contribution >= 0.6 is 0 Å². The van der Waals surface area contributed by atoms with E-state index in [2.05, 4.69) is 0 Å². The van der Waals surface area contributed by atoms with Crippen LogP contribution in [-0.2, 0) is 10.0 Å². The van der Waals surface area contributed by atoms with Gasteiger partial charge in [-0.1, -0.05) is 6.92 Å². The molecule has 4 nitrogen and oxygen atoms in total. The van der Waals surface area contributed by atoms with E-state index in [1.807, 2.05) is 6.92 Å². The molecule has 0 aromatic heterocycles. The number of aliphatic hydroxyl groups is 1. The second-order valence-electron chi connectivity index (χ2n) is 3.90. The van der Waals surface area contributed by atoms with Crippen LogP contribution in [0.1, 0.15) is 26.7 Å². The van der Waals surface area contributed by atoms with E-state index in [4.69, 9.17) is 0 Å². The van der Waals surface area contributed by atoms with Crippen LogP contribution in [0.15, 0.2) is 0 Å². The van der Waals surface area contributed by atoms with E-state index in [0.717, 1.165) is 0 Å². The third-order valence-corrected chi connectivity index (χ3v) is 4.29. The molecule has 5 heteroatoms. The number of rotatable bonds is 3. The SMILES string of the molecule is CCCS(=O)(=O)N1CCC(C)(O)C1. The van der Waals surface area contributed by atoms with Gasteiger partial charge in [-0.15, -0.1) is 0 Å². The number of hydrogen-bond acceptors (Lipinski definition) is 3. The molecular weight excluding hydrogens is 190 g/mol. The van der Waals surface area contributed by atoms with Crippen molar-refractivity contribution in [1.29, 1.82) is 0 Å². The van der Waals surface area contributed by atoms with E-state index in [0.29, 0.717) is 19.4 Å². The van der Waals surface area contributed by atoms with Crippen LogP contribution in [0.5, 0.6) is 0 Å². The van der Waals surface area contributed by atoms with Crippen LogP contribution in [0.4, 0.5) is 0 Å². The highest BCUT2D eigenvalue weighted by molar-refractivity contribution is 7.89. The summed E-state index contributed by atoms with van der Waals surface area (Å²) in [5.74, 6) is 0.184. The van der Waals surface area contributed by atoms with Gasteiger partial charge in [0.05, 0.1) is 11.4 Å². The van der Waals surface area contributed by atoms with Crippen molar-refractivity contribution in [2.24, 2.45) is 0 Å². The Balaban J connectivity index is 2.66. The largest absolute Gasteiger partial charge is 0.389 e. The molecule has 0 spiro atoms. The molecule has 78 valence electrons. The summed E-state index contributed by atoms with van der Waals surface area (Å²) in [6.45, 7) is 4.21. The van der Waals surface area contributed by atoms with Crippen molar-refractivity contribution in [3.05, 3.63) is 0 Å². The first-order chi connectivity index (χ1) is 5.87. The summed E-state index contributed by atoms with van der Waals surface area (Å²) < 4.78 is 24.5. The third-order valence-electron chi connectivity index (χ3n) is 2.27. The molecule has 1 N–H and O–H groups in total. The minimum Gasteiger partial charge on any atom is -0.389 e. The minimum absolute atomic E-state index is 0.184. The molecule has 0 aliphatic carbocycles. The van der Waals surface area contributed by atoms with Crippen LogP contribution in [0.25, 0.3) is 0 Å². The summed E-state index contributed by atoms with van der Waals surface area (Å²) in [6, 6.07) is 0. The van der Waals surface area contributed by atoms with E-state index >= 15 is 0 Å². The first-order valence-corrected chi connectivity index (χ1v) is 6.18. The molecular formula is C8H17NO3S. The van der Waals surface area contributed by atoms with Crippen LogP contribution in [0.2, 0.25) is 0 Å². The van der Waals surface area contributed by atoms with Gasteiger partial charge in [0.1, 0.15) is 0 Å². The number of β-amino-alcohol motifs (C(OH)–C–C–N with tert-alkyl or cyclic N) is 1. The Hall–Kier alpha value is -0.130. The van der Waals surface area contributed by atoms with Gasteiger partial charge in [0.15, 0.2) is 0 Å². The zero-order valence-corrected chi connectivity index (χ0v) is 8.97. The monoisotopic (exact) mass is 207 g/mol. The van der Waals surface area contributed by atoms with Crippen LogP contribution in [-0.4, -0.2) is 42.3 Å². The van der Waals surface area contributed by atoms with E-state index < -0.39 is 15.6 Å². The molecule has 1 rings (SSSR count). The van der Waals surface area contributed by atoms with Crippen molar-refractivity contribution < 1.29 is 13.5 Å². The molecule has 0 amide bonds. The van der Waals surface area contributed by atoms with Gasteiger partial charge >= 0.3 is 0 Å². The summed E-state index contributed by atoms with van der Waals surface area (Å²) in [5, 5.41) is 9.59. The number of sulfonamides is 1. The van der Waals surface area contributed by atoms with E-state index in [1.165, 1.54) is 4.31 Å². The van der Waals surface area contributed by atoms with Gasteiger partial charge in [-0.25, -0.2) is 8.42 Å². The highest BCUT2D eigenvalue weighted by Gasteiger charge is 2.36. The highest BCUT2D eigenvalue weighted by atomic mass is 32.2. The highest BCUT2D eigenvalue weighted by Crippen LogP contribution is 2.23. The fraction of sp³-hybridized carbons (Fsp3) is 1.00. The normalized spacial score (nSPS) is 31.0. The Morgan fingerprint density at radius 2 is 2.15 bits per heavy atom. The smallest absolute Gasteiger partial charge is 0.214 e. The molecule has 0 bridgehead atoms. The van der Waals surface area contributed by atoms with Crippen LogP contribution in [0.3, 0.4) is 0 Å². The molecule has 0 aromatic carbocycles. The zero-order valence-electron chi connectivity index (χ0n) is 8.15. The average molecular weight is 207 g/mol. The molecule has 1 aliphatic rings. The predicted octanol–water partition coefficient (Wildman–Crippen LogP) is 0.183. The maximum atomic E-state index is 11.5. The van der Waals surface area contributed by atoms with Crippen molar-refractivity contribution >= 4 is 10.0 Å². The Morgan fingerprint density at radius 3 is 2.54 bits per heavy atom. The second-order valence-corrected chi connectivity index (χ2v) is 5.98. The lowest BCUT2D eigenvalue weighted by molar-refractivity contribution is 0.0762. The molecule has 1 atom stereocenters. The lowest BCUT2D eigenvalue weighted by Gasteiger charge is -2.18. The summed E-state index contributed by atoms with van der Waals surface area (Å²) in [5.41, 5.74) is -0.833. The predicted molar refractivity (Wildman–Crippen MR) is 50.9 cm³/mol. The Kier molecular flexibility index (Phi) is 2.99. The quantitative estimate of drug-likeness (QED) is 0.718. The lowest BCUT2D eigenvalue weighted by Crippen LogP contribution is -2.35. The zero-order chi connectivity index (χ0) is 10.1. The fourth-order valence-corrected chi connectivity index (χ4v) is 3.15. The molecule has 1 unspecified atom stereocenters. The minimum atomic E-state index is -3.11. The summed E-state index contributed by atoms with van der Waals surface area (Å²) in [7, 11) is -3.11. The van der Waals surface area contributed by atoms with Gasteiger partial charge in [-0.05, 0) is 19.8 Å². The molecule has 1 saturated heterocycles. The van der Waals surface area contributed by atoms with Gasteiger partial charge in [0, 0.05) is 13.1 Å². The topological polar surface area (TPSA) is 57.6 Å². The van der Waals surface area contributed by atoms with Gasteiger partial charge in [-0.3, -0.25) is 0 Å². The van der Waals surface area contributed by atoms with Crippen LogP contribution < -0.4 is 0 Å².